The van der Waals surface area contributed by atoms with Crippen molar-refractivity contribution in [3.63, 3.8) is 0 Å². The molecular formula is C6H14N2O6P-. The van der Waals surface area contributed by atoms with Gasteiger partial charge in [0, 0.05) is 6.42 Å². The maximum Gasteiger partial charge on any atom is 0.125 e. The second-order valence-electron chi connectivity index (χ2n) is 3.06. The van der Waals surface area contributed by atoms with E-state index < -0.39 is 25.9 Å². The summed E-state index contributed by atoms with van der Waals surface area (Å²) in [5.41, 5.74) is 6.66. The van der Waals surface area contributed by atoms with Gasteiger partial charge in [0.25, 0.3) is 0 Å². The lowest BCUT2D eigenvalue weighted by molar-refractivity contribution is -0.440. The standard InChI is InChI=1S/C6H15N2O6P/c7-3-4(14-15(11,12)13)1-2-5(8)6(9)10/h4-5H,1-3,7-8H2,(H,9,10)(H2,11,12,13)/p-1/t4-,5+/m1/s1. The Hall–Kier alpha value is -0.500. The largest absolute Gasteiger partial charge is 0.790 e. The first-order chi connectivity index (χ1) is 6.76. The van der Waals surface area contributed by atoms with Crippen LogP contribution < -0.4 is 26.4 Å². The van der Waals surface area contributed by atoms with Crippen molar-refractivity contribution in [2.24, 2.45) is 0 Å². The van der Waals surface area contributed by atoms with E-state index in [1.807, 2.05) is 0 Å². The molecule has 9 heteroatoms. The van der Waals surface area contributed by atoms with Crippen LogP contribution in [0.2, 0.25) is 0 Å². The number of rotatable bonds is 7. The number of hydrogen-bond donors (Lipinski definition) is 2. The summed E-state index contributed by atoms with van der Waals surface area (Å²) in [6, 6.07) is -0.958. The highest BCUT2D eigenvalue weighted by Gasteiger charge is 2.15. The van der Waals surface area contributed by atoms with E-state index in [2.05, 4.69) is 16.0 Å². The van der Waals surface area contributed by atoms with Crippen LogP contribution in [0.5, 0.6) is 0 Å². The van der Waals surface area contributed by atoms with Gasteiger partial charge in [-0.2, -0.15) is 0 Å². The lowest BCUT2D eigenvalue weighted by Crippen LogP contribution is -2.68. The van der Waals surface area contributed by atoms with Gasteiger partial charge in [-0.1, -0.05) is 0 Å². The van der Waals surface area contributed by atoms with Crippen molar-refractivity contribution in [2.45, 2.75) is 25.0 Å². The van der Waals surface area contributed by atoms with Crippen molar-refractivity contribution < 1.29 is 40.2 Å². The first-order valence-corrected chi connectivity index (χ1v) is 5.76. The van der Waals surface area contributed by atoms with Gasteiger partial charge in [0.05, 0.1) is 13.8 Å². The van der Waals surface area contributed by atoms with Crippen LogP contribution in [-0.2, 0) is 13.9 Å². The number of phosphoric acid groups is 1. The minimum Gasteiger partial charge on any atom is -0.790 e. The smallest absolute Gasteiger partial charge is 0.125 e. The summed E-state index contributed by atoms with van der Waals surface area (Å²) in [5.74, 6) is -1.33. The lowest BCUT2D eigenvalue weighted by atomic mass is 10.1. The second-order valence-corrected chi connectivity index (χ2v) is 4.16. The molecule has 0 bridgehead atoms. The molecule has 0 unspecified atom stereocenters. The first kappa shape index (κ1) is 14.5. The molecule has 6 N–H and O–H groups in total. The Kier molecular flexibility index (Phi) is 5.96. The molecule has 15 heavy (non-hydrogen) atoms. The number of hydrogen-bond acceptors (Lipinski definition) is 6. The molecule has 0 saturated carbocycles. The van der Waals surface area contributed by atoms with Gasteiger partial charge in [0.15, 0.2) is 0 Å². The predicted octanol–water partition coefficient (Wildman–Crippen LogP) is -5.42. The fourth-order valence-electron chi connectivity index (χ4n) is 0.937. The van der Waals surface area contributed by atoms with Gasteiger partial charge in [0.2, 0.25) is 0 Å². The molecule has 0 aromatic carbocycles. The Morgan fingerprint density at radius 1 is 1.40 bits per heavy atom. The topological polar surface area (TPSA) is 168 Å². The van der Waals surface area contributed by atoms with Gasteiger partial charge in [-0.05, 0) is 6.42 Å². The highest BCUT2D eigenvalue weighted by molar-refractivity contribution is 7.43. The lowest BCUT2D eigenvalue weighted by Gasteiger charge is -2.32. The van der Waals surface area contributed by atoms with Gasteiger partial charge in [0.1, 0.15) is 18.7 Å². The minimum absolute atomic E-state index is 0.0637. The SMILES string of the molecule is [NH3+]C[C@@H](CC[C@H]([NH3+])C(=O)[O-])OP(=O)([O-])[O-]. The van der Waals surface area contributed by atoms with Crippen LogP contribution >= 0.6 is 7.82 Å². The molecule has 90 valence electrons. The molecule has 0 spiro atoms. The van der Waals surface area contributed by atoms with E-state index in [0.717, 1.165) is 0 Å². The van der Waals surface area contributed by atoms with E-state index in [1.54, 1.807) is 0 Å². The molecule has 0 rings (SSSR count). The zero-order valence-corrected chi connectivity index (χ0v) is 8.98. The maximum atomic E-state index is 10.3. The van der Waals surface area contributed by atoms with E-state index in [1.165, 1.54) is 0 Å². The summed E-state index contributed by atoms with van der Waals surface area (Å²) in [5, 5.41) is 10.3. The molecule has 0 aliphatic carbocycles. The molecule has 8 nitrogen and oxygen atoms in total. The van der Waals surface area contributed by atoms with Gasteiger partial charge in [-0.25, -0.2) is 0 Å². The Balaban J connectivity index is 4.01. The third-order valence-electron chi connectivity index (χ3n) is 1.77. The highest BCUT2D eigenvalue weighted by Crippen LogP contribution is 2.28. The number of carbonyl (C=O) groups excluding carboxylic acids is 1. The van der Waals surface area contributed by atoms with E-state index in [0.29, 0.717) is 0 Å². The zero-order valence-electron chi connectivity index (χ0n) is 8.09. The molecule has 0 heterocycles. The van der Waals surface area contributed by atoms with Crippen LogP contribution in [0, 0.1) is 0 Å². The molecule has 0 saturated heterocycles. The van der Waals surface area contributed by atoms with Crippen molar-refractivity contribution in [1.29, 1.82) is 0 Å². The summed E-state index contributed by atoms with van der Waals surface area (Å²) in [7, 11) is -5.05. The molecule has 0 aromatic rings. The summed E-state index contributed by atoms with van der Waals surface area (Å²) in [6.07, 6.45) is -0.739. The van der Waals surface area contributed by atoms with Gasteiger partial charge in [-0.3, -0.25) is 0 Å². The van der Waals surface area contributed by atoms with Crippen molar-refractivity contribution in [1.82, 2.24) is 0 Å². The normalized spacial score (nSPS) is 16.0. The van der Waals surface area contributed by atoms with Gasteiger partial charge in [-0.15, -0.1) is 0 Å². The van der Waals surface area contributed by atoms with Gasteiger partial charge >= 0.3 is 0 Å². The number of quaternary nitrogens is 2. The first-order valence-electron chi connectivity index (χ1n) is 4.30. The molecule has 0 radical (unpaired) electrons. The Morgan fingerprint density at radius 2 is 1.93 bits per heavy atom. The summed E-state index contributed by atoms with van der Waals surface area (Å²) in [6.45, 7) is 0.0637. The van der Waals surface area contributed by atoms with Crippen LogP contribution in [0.4, 0.5) is 0 Å². The van der Waals surface area contributed by atoms with E-state index in [-0.39, 0.29) is 19.4 Å². The Bertz CT molecular complexity index is 254. The third kappa shape index (κ3) is 7.43. The van der Waals surface area contributed by atoms with Crippen LogP contribution in [0.15, 0.2) is 0 Å². The van der Waals surface area contributed by atoms with E-state index in [4.69, 9.17) is 0 Å². The van der Waals surface area contributed by atoms with Crippen molar-refractivity contribution >= 4 is 13.8 Å². The van der Waals surface area contributed by atoms with Crippen molar-refractivity contribution in [3.8, 4) is 0 Å². The number of carboxylic acids is 1. The van der Waals surface area contributed by atoms with Crippen molar-refractivity contribution in [3.05, 3.63) is 0 Å². The molecule has 0 fully saturated rings. The second kappa shape index (κ2) is 6.16. The monoisotopic (exact) mass is 241 g/mol. The van der Waals surface area contributed by atoms with Gasteiger partial charge < -0.3 is 40.2 Å². The highest BCUT2D eigenvalue weighted by atomic mass is 31.2. The average Bonchev–Trinajstić information content (AvgIpc) is 2.09. The van der Waals surface area contributed by atoms with Crippen LogP contribution in [0.3, 0.4) is 0 Å². The number of carbonyl (C=O) groups is 1. The fourth-order valence-corrected chi connectivity index (χ4v) is 1.51. The maximum absolute atomic E-state index is 10.3. The number of aliphatic carboxylic acids is 1. The summed E-state index contributed by atoms with van der Waals surface area (Å²) < 4.78 is 14.4. The molecule has 0 aliphatic heterocycles. The van der Waals surface area contributed by atoms with E-state index >= 15 is 0 Å². The minimum atomic E-state index is -5.05. The Labute approximate surface area is 86.5 Å². The predicted molar refractivity (Wildman–Crippen MR) is 41.2 cm³/mol. The van der Waals surface area contributed by atoms with Crippen molar-refractivity contribution in [2.75, 3.05) is 6.54 Å². The van der Waals surface area contributed by atoms with Crippen LogP contribution in [0.25, 0.3) is 0 Å². The number of phosphoric ester groups is 1. The molecule has 2 atom stereocenters. The molecule has 0 aliphatic rings. The average molecular weight is 241 g/mol. The number of carboxylic acid groups (broad SMARTS) is 1. The van der Waals surface area contributed by atoms with Crippen LogP contribution in [0.1, 0.15) is 12.8 Å². The Morgan fingerprint density at radius 3 is 2.27 bits per heavy atom. The van der Waals surface area contributed by atoms with Crippen LogP contribution in [-0.4, -0.2) is 24.7 Å². The molecule has 0 amide bonds. The van der Waals surface area contributed by atoms with E-state index in [9.17, 15) is 24.3 Å². The zero-order chi connectivity index (χ0) is 12.1. The fraction of sp³-hybridized carbons (Fsp3) is 0.833. The molecule has 0 aromatic heterocycles. The quantitative estimate of drug-likeness (QED) is 0.421. The molecular weight excluding hydrogens is 227 g/mol. The summed E-state index contributed by atoms with van der Waals surface area (Å²) >= 11 is 0. The summed E-state index contributed by atoms with van der Waals surface area (Å²) in [4.78, 5) is 30.8. The third-order valence-corrected chi connectivity index (χ3v) is 2.33.